The Kier molecular flexibility index (Phi) is 5.34. The van der Waals surface area contributed by atoms with Crippen LogP contribution in [-0.4, -0.2) is 11.8 Å². The van der Waals surface area contributed by atoms with E-state index in [1.54, 1.807) is 30.3 Å². The molecule has 1 heterocycles. The molecule has 3 aromatic rings. The molecular weight excluding hydrogens is 417 g/mol. The van der Waals surface area contributed by atoms with Crippen molar-refractivity contribution in [3.05, 3.63) is 101 Å². The average Bonchev–Trinajstić information content (AvgIpc) is 3.00. The number of halogens is 3. The molecule has 32 heavy (non-hydrogen) atoms. The van der Waals surface area contributed by atoms with E-state index in [2.05, 4.69) is 5.32 Å². The van der Waals surface area contributed by atoms with Crippen molar-refractivity contribution in [3.63, 3.8) is 0 Å². The fraction of sp³-hybridized carbons (Fsp3) is 0.120. The Labute approximate surface area is 183 Å². The zero-order valence-electron chi connectivity index (χ0n) is 17.3. The summed E-state index contributed by atoms with van der Waals surface area (Å²) in [6, 6.07) is 18.4. The predicted octanol–water partition coefficient (Wildman–Crippen LogP) is 5.72. The summed E-state index contributed by atoms with van der Waals surface area (Å²) in [7, 11) is 0. The van der Waals surface area contributed by atoms with Gasteiger partial charge in [0, 0.05) is 5.69 Å². The fourth-order valence-corrected chi connectivity index (χ4v) is 3.56. The second-order valence-corrected chi connectivity index (χ2v) is 7.55. The van der Waals surface area contributed by atoms with E-state index in [0.717, 1.165) is 40.3 Å². The van der Waals surface area contributed by atoms with Crippen molar-refractivity contribution in [2.24, 2.45) is 0 Å². The molecule has 0 fully saturated rings. The van der Waals surface area contributed by atoms with Crippen LogP contribution in [0.5, 0.6) is 0 Å². The molecule has 0 unspecified atom stereocenters. The van der Waals surface area contributed by atoms with Gasteiger partial charge in [0.15, 0.2) is 0 Å². The molecule has 0 radical (unpaired) electrons. The number of carbonyl (C=O) groups excluding carboxylic acids is 2. The summed E-state index contributed by atoms with van der Waals surface area (Å²) in [6.07, 6.45) is -4.51. The van der Waals surface area contributed by atoms with E-state index in [1.807, 2.05) is 32.0 Å². The third-order valence-corrected chi connectivity index (χ3v) is 5.25. The minimum atomic E-state index is -4.51. The number of carbonyl (C=O) groups is 2. The molecule has 0 spiro atoms. The van der Waals surface area contributed by atoms with Gasteiger partial charge in [0.05, 0.1) is 16.8 Å². The number of hydrogen-bond donors (Lipinski definition) is 1. The Morgan fingerprint density at radius 1 is 0.812 bits per heavy atom. The summed E-state index contributed by atoms with van der Waals surface area (Å²) < 4.78 is 38.8. The number of amides is 2. The molecule has 2 amide bonds. The predicted molar refractivity (Wildman–Crippen MR) is 117 cm³/mol. The van der Waals surface area contributed by atoms with Crippen LogP contribution in [0.4, 0.5) is 24.5 Å². The van der Waals surface area contributed by atoms with Crippen LogP contribution in [-0.2, 0) is 15.8 Å². The van der Waals surface area contributed by atoms with E-state index in [-0.39, 0.29) is 17.0 Å². The van der Waals surface area contributed by atoms with Gasteiger partial charge in [-0.05, 0) is 60.9 Å². The normalized spacial score (nSPS) is 14.3. The number of nitrogens with zero attached hydrogens (tertiary/aromatic N) is 1. The number of benzene rings is 3. The van der Waals surface area contributed by atoms with Crippen LogP contribution in [0.25, 0.3) is 5.57 Å². The first kappa shape index (κ1) is 21.4. The van der Waals surface area contributed by atoms with E-state index in [4.69, 9.17) is 0 Å². The molecule has 162 valence electrons. The molecule has 0 bridgehead atoms. The maximum absolute atomic E-state index is 13.3. The van der Waals surface area contributed by atoms with Gasteiger partial charge < -0.3 is 5.32 Å². The molecule has 4 nitrogen and oxygen atoms in total. The number of aryl methyl sites for hydroxylation is 2. The smallest absolute Gasteiger partial charge is 0.350 e. The van der Waals surface area contributed by atoms with Gasteiger partial charge in [-0.1, -0.05) is 42.5 Å². The third-order valence-electron chi connectivity index (χ3n) is 5.25. The second-order valence-electron chi connectivity index (χ2n) is 7.55. The Morgan fingerprint density at radius 2 is 1.47 bits per heavy atom. The Morgan fingerprint density at radius 3 is 2.09 bits per heavy atom. The van der Waals surface area contributed by atoms with E-state index in [9.17, 15) is 22.8 Å². The van der Waals surface area contributed by atoms with Crippen LogP contribution >= 0.6 is 0 Å². The van der Waals surface area contributed by atoms with Gasteiger partial charge in [-0.15, -0.1) is 0 Å². The SMILES string of the molecule is Cc1ccc(C)c(NC2=C(c3ccccc3)C(=O)N(c3ccc(C(F)(F)F)cc3)C2=O)c1. The van der Waals surface area contributed by atoms with Gasteiger partial charge >= 0.3 is 6.18 Å². The molecule has 1 aliphatic rings. The molecule has 0 aliphatic carbocycles. The molecule has 0 saturated heterocycles. The Bertz CT molecular complexity index is 1230. The number of imide groups is 1. The van der Waals surface area contributed by atoms with Gasteiger partial charge in [0.1, 0.15) is 5.70 Å². The average molecular weight is 436 g/mol. The van der Waals surface area contributed by atoms with Crippen LogP contribution in [0.2, 0.25) is 0 Å². The number of alkyl halides is 3. The molecule has 1 N–H and O–H groups in total. The maximum Gasteiger partial charge on any atom is 0.416 e. The lowest BCUT2D eigenvalue weighted by Gasteiger charge is -2.17. The Balaban J connectivity index is 1.79. The van der Waals surface area contributed by atoms with Crippen molar-refractivity contribution in [2.75, 3.05) is 10.2 Å². The molecular formula is C25H19F3N2O2. The van der Waals surface area contributed by atoms with Crippen LogP contribution in [0, 0.1) is 13.8 Å². The highest BCUT2D eigenvalue weighted by Gasteiger charge is 2.40. The highest BCUT2D eigenvalue weighted by Crippen LogP contribution is 2.36. The minimum absolute atomic E-state index is 0.0687. The lowest BCUT2D eigenvalue weighted by atomic mass is 10.0. The largest absolute Gasteiger partial charge is 0.416 e. The molecule has 3 aromatic carbocycles. The van der Waals surface area contributed by atoms with Crippen molar-refractivity contribution < 1.29 is 22.8 Å². The molecule has 0 saturated carbocycles. The maximum atomic E-state index is 13.3. The van der Waals surface area contributed by atoms with Crippen molar-refractivity contribution in [3.8, 4) is 0 Å². The molecule has 0 aromatic heterocycles. The minimum Gasteiger partial charge on any atom is -0.350 e. The number of rotatable bonds is 4. The fourth-order valence-electron chi connectivity index (χ4n) is 3.56. The topological polar surface area (TPSA) is 49.4 Å². The second kappa shape index (κ2) is 8.00. The van der Waals surface area contributed by atoms with E-state index in [0.29, 0.717) is 11.3 Å². The summed E-state index contributed by atoms with van der Waals surface area (Å²) >= 11 is 0. The Hall–Kier alpha value is -3.87. The molecule has 1 aliphatic heterocycles. The van der Waals surface area contributed by atoms with Gasteiger partial charge in [0.2, 0.25) is 0 Å². The summed E-state index contributed by atoms with van der Waals surface area (Å²) in [5.74, 6) is -1.23. The highest BCUT2D eigenvalue weighted by molar-refractivity contribution is 6.46. The van der Waals surface area contributed by atoms with Crippen molar-refractivity contribution >= 4 is 28.8 Å². The first-order valence-electron chi connectivity index (χ1n) is 9.87. The first-order chi connectivity index (χ1) is 15.2. The third kappa shape index (κ3) is 3.89. The van der Waals surface area contributed by atoms with E-state index >= 15 is 0 Å². The van der Waals surface area contributed by atoms with Crippen LogP contribution in [0.1, 0.15) is 22.3 Å². The number of anilines is 2. The lowest BCUT2D eigenvalue weighted by molar-refractivity contribution is -0.137. The van der Waals surface area contributed by atoms with Crippen molar-refractivity contribution in [1.82, 2.24) is 0 Å². The van der Waals surface area contributed by atoms with E-state index < -0.39 is 23.6 Å². The monoisotopic (exact) mass is 436 g/mol. The summed E-state index contributed by atoms with van der Waals surface area (Å²) in [4.78, 5) is 27.6. The molecule has 7 heteroatoms. The quantitative estimate of drug-likeness (QED) is 0.533. The molecule has 0 atom stereocenters. The van der Waals surface area contributed by atoms with Crippen molar-refractivity contribution in [2.45, 2.75) is 20.0 Å². The first-order valence-corrected chi connectivity index (χ1v) is 9.87. The summed E-state index contributed by atoms with van der Waals surface area (Å²) in [6.45, 7) is 3.78. The van der Waals surface area contributed by atoms with Crippen molar-refractivity contribution in [1.29, 1.82) is 0 Å². The number of hydrogen-bond acceptors (Lipinski definition) is 3. The zero-order valence-corrected chi connectivity index (χ0v) is 17.3. The summed E-state index contributed by atoms with van der Waals surface area (Å²) in [5, 5.41) is 3.10. The van der Waals surface area contributed by atoms with Gasteiger partial charge in [-0.3, -0.25) is 9.59 Å². The highest BCUT2D eigenvalue weighted by atomic mass is 19.4. The lowest BCUT2D eigenvalue weighted by Crippen LogP contribution is -2.32. The van der Waals surface area contributed by atoms with Gasteiger partial charge in [-0.2, -0.15) is 13.2 Å². The zero-order chi connectivity index (χ0) is 23.0. The standard InChI is InChI=1S/C25H19F3N2O2/c1-15-8-9-16(2)20(14-15)29-22-21(17-6-4-3-5-7-17)23(31)30(24(22)32)19-12-10-18(11-13-19)25(26,27)28/h3-14,29H,1-2H3. The van der Waals surface area contributed by atoms with Gasteiger partial charge in [-0.25, -0.2) is 4.90 Å². The summed E-state index contributed by atoms with van der Waals surface area (Å²) in [5.41, 5.74) is 2.51. The van der Waals surface area contributed by atoms with Crippen LogP contribution < -0.4 is 10.2 Å². The van der Waals surface area contributed by atoms with Gasteiger partial charge in [0.25, 0.3) is 11.8 Å². The van der Waals surface area contributed by atoms with Crippen LogP contribution in [0.15, 0.2) is 78.5 Å². The van der Waals surface area contributed by atoms with Crippen LogP contribution in [0.3, 0.4) is 0 Å². The number of nitrogens with one attached hydrogen (secondary N) is 1. The molecule has 4 rings (SSSR count). The van der Waals surface area contributed by atoms with E-state index in [1.165, 1.54) is 0 Å².